The molecule has 1 N–H and O–H groups in total. The Morgan fingerprint density at radius 3 is 2.31 bits per heavy atom. The second-order valence-corrected chi connectivity index (χ2v) is 8.11. The van der Waals surface area contributed by atoms with Crippen LogP contribution < -0.4 is 14.8 Å². The molecule has 0 unspecified atom stereocenters. The molecule has 0 bridgehead atoms. The number of carbonyl (C=O) groups is 4. The lowest BCUT2D eigenvalue weighted by Gasteiger charge is -2.21. The Balaban J connectivity index is 2.12. The second-order valence-electron chi connectivity index (χ2n) is 7.70. The standard InChI is InChI=1S/C26H31ClN2O7/c1-5-23(30)28-20-16-21(34-3)22(15-18(20)26(33)35-4)36-13-9-12-29(24(31)6-2)25(32)14-17-10-7-8-11-19(17)27/h7-8,10-11,15-16H,5-6,9,12-14H2,1-4H3,(H,28,30). The van der Waals surface area contributed by atoms with Gasteiger partial charge >= 0.3 is 5.97 Å². The molecule has 194 valence electrons. The van der Waals surface area contributed by atoms with Crippen LogP contribution in [0.25, 0.3) is 0 Å². The largest absolute Gasteiger partial charge is 0.493 e. The first-order valence-corrected chi connectivity index (χ1v) is 11.9. The number of rotatable bonds is 12. The summed E-state index contributed by atoms with van der Waals surface area (Å²) in [7, 11) is 2.66. The van der Waals surface area contributed by atoms with E-state index in [1.54, 1.807) is 38.1 Å². The molecule has 0 spiro atoms. The molecule has 0 atom stereocenters. The summed E-state index contributed by atoms with van der Waals surface area (Å²) in [4.78, 5) is 50.6. The molecular weight excluding hydrogens is 488 g/mol. The molecule has 0 heterocycles. The SMILES string of the molecule is CCC(=O)Nc1cc(OC)c(OCCCN(C(=O)CC)C(=O)Cc2ccccc2Cl)cc1C(=O)OC. The monoisotopic (exact) mass is 518 g/mol. The van der Waals surface area contributed by atoms with Crippen LogP contribution in [-0.4, -0.2) is 56.0 Å². The second kappa shape index (κ2) is 14.1. The Labute approximate surface area is 215 Å². The van der Waals surface area contributed by atoms with E-state index < -0.39 is 5.97 Å². The molecule has 0 saturated carbocycles. The van der Waals surface area contributed by atoms with E-state index in [2.05, 4.69) is 5.32 Å². The summed E-state index contributed by atoms with van der Waals surface area (Å²) in [5, 5.41) is 3.11. The van der Waals surface area contributed by atoms with Crippen molar-refractivity contribution in [2.45, 2.75) is 39.5 Å². The van der Waals surface area contributed by atoms with Gasteiger partial charge in [-0.2, -0.15) is 0 Å². The molecule has 2 aromatic carbocycles. The molecule has 10 heteroatoms. The van der Waals surface area contributed by atoms with Crippen molar-refractivity contribution in [1.29, 1.82) is 0 Å². The fraction of sp³-hybridized carbons (Fsp3) is 0.385. The first kappa shape index (κ1) is 28.6. The Kier molecular flexibility index (Phi) is 11.2. The molecular formula is C26H31ClN2O7. The van der Waals surface area contributed by atoms with Crippen LogP contribution in [0.3, 0.4) is 0 Å². The van der Waals surface area contributed by atoms with E-state index in [1.807, 2.05) is 0 Å². The molecule has 0 radical (unpaired) electrons. The van der Waals surface area contributed by atoms with Crippen LogP contribution >= 0.6 is 11.6 Å². The third-order valence-corrected chi connectivity index (χ3v) is 5.66. The quantitative estimate of drug-likeness (QED) is 0.330. The van der Waals surface area contributed by atoms with Crippen LogP contribution in [0.2, 0.25) is 5.02 Å². The number of hydrogen-bond donors (Lipinski definition) is 1. The van der Waals surface area contributed by atoms with Crippen molar-refractivity contribution in [3.05, 3.63) is 52.5 Å². The fourth-order valence-corrected chi connectivity index (χ4v) is 3.54. The number of ether oxygens (including phenoxy) is 3. The summed E-state index contributed by atoms with van der Waals surface area (Å²) in [6.07, 6.45) is 0.748. The maximum absolute atomic E-state index is 12.8. The maximum atomic E-state index is 12.8. The number of halogens is 1. The van der Waals surface area contributed by atoms with Crippen LogP contribution in [0.5, 0.6) is 11.5 Å². The third-order valence-electron chi connectivity index (χ3n) is 5.29. The zero-order valence-electron chi connectivity index (χ0n) is 20.9. The van der Waals surface area contributed by atoms with Crippen LogP contribution in [0.15, 0.2) is 36.4 Å². The number of imide groups is 1. The van der Waals surface area contributed by atoms with Crippen molar-refractivity contribution in [1.82, 2.24) is 4.90 Å². The first-order chi connectivity index (χ1) is 17.2. The highest BCUT2D eigenvalue weighted by atomic mass is 35.5. The minimum Gasteiger partial charge on any atom is -0.493 e. The Bertz CT molecular complexity index is 1100. The molecule has 0 saturated heterocycles. The molecule has 2 aromatic rings. The summed E-state index contributed by atoms with van der Waals surface area (Å²) in [6.45, 7) is 3.65. The summed E-state index contributed by atoms with van der Waals surface area (Å²) < 4.78 is 16.0. The number of benzene rings is 2. The maximum Gasteiger partial charge on any atom is 0.340 e. The highest BCUT2D eigenvalue weighted by Gasteiger charge is 2.22. The van der Waals surface area contributed by atoms with Gasteiger partial charge in [0, 0.05) is 36.5 Å². The van der Waals surface area contributed by atoms with Crippen molar-refractivity contribution in [2.24, 2.45) is 0 Å². The number of methoxy groups -OCH3 is 2. The highest BCUT2D eigenvalue weighted by Crippen LogP contribution is 2.34. The van der Waals surface area contributed by atoms with Gasteiger partial charge in [0.25, 0.3) is 0 Å². The molecule has 0 fully saturated rings. The lowest BCUT2D eigenvalue weighted by Crippen LogP contribution is -2.38. The highest BCUT2D eigenvalue weighted by molar-refractivity contribution is 6.31. The average Bonchev–Trinajstić information content (AvgIpc) is 2.89. The van der Waals surface area contributed by atoms with Gasteiger partial charge in [-0.05, 0) is 18.1 Å². The van der Waals surface area contributed by atoms with E-state index in [9.17, 15) is 19.2 Å². The number of carbonyl (C=O) groups excluding carboxylic acids is 4. The first-order valence-electron chi connectivity index (χ1n) is 11.5. The van der Waals surface area contributed by atoms with Gasteiger partial charge < -0.3 is 19.5 Å². The van der Waals surface area contributed by atoms with Gasteiger partial charge in [0.15, 0.2) is 11.5 Å². The van der Waals surface area contributed by atoms with E-state index in [1.165, 1.54) is 31.3 Å². The van der Waals surface area contributed by atoms with Crippen LogP contribution in [0.4, 0.5) is 5.69 Å². The molecule has 2 rings (SSSR count). The van der Waals surface area contributed by atoms with E-state index in [4.69, 9.17) is 25.8 Å². The van der Waals surface area contributed by atoms with Gasteiger partial charge in [-0.3, -0.25) is 19.3 Å². The number of anilines is 1. The van der Waals surface area contributed by atoms with E-state index in [-0.39, 0.29) is 67.1 Å². The normalized spacial score (nSPS) is 10.4. The van der Waals surface area contributed by atoms with E-state index in [0.29, 0.717) is 22.8 Å². The van der Waals surface area contributed by atoms with Gasteiger partial charge in [0.2, 0.25) is 17.7 Å². The average molecular weight is 519 g/mol. The van der Waals surface area contributed by atoms with Crippen molar-refractivity contribution in [2.75, 3.05) is 32.7 Å². The lowest BCUT2D eigenvalue weighted by atomic mass is 10.1. The fourth-order valence-electron chi connectivity index (χ4n) is 3.34. The van der Waals surface area contributed by atoms with E-state index in [0.717, 1.165) is 0 Å². The van der Waals surface area contributed by atoms with E-state index >= 15 is 0 Å². The summed E-state index contributed by atoms with van der Waals surface area (Å²) in [5.41, 5.74) is 0.986. The van der Waals surface area contributed by atoms with Gasteiger partial charge in [-0.25, -0.2) is 4.79 Å². The Hall–Kier alpha value is -3.59. The number of esters is 1. The zero-order valence-corrected chi connectivity index (χ0v) is 21.6. The topological polar surface area (TPSA) is 111 Å². The molecule has 0 aliphatic heterocycles. The number of nitrogens with one attached hydrogen (secondary N) is 1. The Morgan fingerprint density at radius 1 is 0.972 bits per heavy atom. The van der Waals surface area contributed by atoms with Crippen LogP contribution in [-0.2, 0) is 25.5 Å². The number of hydrogen-bond acceptors (Lipinski definition) is 7. The predicted molar refractivity (Wildman–Crippen MR) is 136 cm³/mol. The molecule has 3 amide bonds. The minimum absolute atomic E-state index is 0.00747. The molecule has 36 heavy (non-hydrogen) atoms. The summed E-state index contributed by atoms with van der Waals surface area (Å²) in [5.74, 6) is -1.03. The zero-order chi connectivity index (χ0) is 26.7. The smallest absolute Gasteiger partial charge is 0.340 e. The summed E-state index contributed by atoms with van der Waals surface area (Å²) in [6, 6.07) is 9.90. The van der Waals surface area contributed by atoms with Crippen molar-refractivity contribution >= 4 is 41.0 Å². The lowest BCUT2D eigenvalue weighted by molar-refractivity contribution is -0.144. The van der Waals surface area contributed by atoms with Crippen molar-refractivity contribution < 1.29 is 33.4 Å². The third kappa shape index (κ3) is 7.71. The van der Waals surface area contributed by atoms with Crippen molar-refractivity contribution in [3.8, 4) is 11.5 Å². The predicted octanol–water partition coefficient (Wildman–Crippen LogP) is 4.26. The molecule has 9 nitrogen and oxygen atoms in total. The van der Waals surface area contributed by atoms with Gasteiger partial charge in [-0.15, -0.1) is 0 Å². The van der Waals surface area contributed by atoms with Crippen molar-refractivity contribution in [3.63, 3.8) is 0 Å². The van der Waals surface area contributed by atoms with Gasteiger partial charge in [0.05, 0.1) is 38.5 Å². The molecule has 0 aliphatic carbocycles. The number of amides is 3. The molecule has 0 aliphatic rings. The van der Waals surface area contributed by atoms with Crippen LogP contribution in [0.1, 0.15) is 49.0 Å². The van der Waals surface area contributed by atoms with Crippen LogP contribution in [0, 0.1) is 0 Å². The number of nitrogens with zero attached hydrogens (tertiary/aromatic N) is 1. The summed E-state index contributed by atoms with van der Waals surface area (Å²) >= 11 is 6.16. The van der Waals surface area contributed by atoms with Gasteiger partial charge in [0.1, 0.15) is 0 Å². The van der Waals surface area contributed by atoms with Gasteiger partial charge in [-0.1, -0.05) is 43.6 Å². The molecule has 0 aromatic heterocycles. The Morgan fingerprint density at radius 2 is 1.69 bits per heavy atom. The minimum atomic E-state index is -0.654.